The van der Waals surface area contributed by atoms with Gasteiger partial charge in [0.05, 0.1) is 6.54 Å². The summed E-state index contributed by atoms with van der Waals surface area (Å²) in [5.41, 5.74) is 4.12. The monoisotopic (exact) mass is 323 g/mol. The Morgan fingerprint density at radius 3 is 2.25 bits per heavy atom. The summed E-state index contributed by atoms with van der Waals surface area (Å²) in [6, 6.07) is 15.5. The van der Waals surface area contributed by atoms with Crippen LogP contribution in [0.1, 0.15) is 18.1 Å². The molecule has 0 radical (unpaired) electrons. The number of rotatable bonds is 4. The molecule has 24 heavy (non-hydrogen) atoms. The zero-order chi connectivity index (χ0) is 16.9. The minimum Gasteiger partial charge on any atom is -0.326 e. The molecule has 2 N–H and O–H groups in total. The van der Waals surface area contributed by atoms with Crippen molar-refractivity contribution in [3.8, 4) is 0 Å². The number of benzene rings is 2. The summed E-state index contributed by atoms with van der Waals surface area (Å²) in [6.07, 6.45) is 0.981. The summed E-state index contributed by atoms with van der Waals surface area (Å²) in [7, 11) is 0. The van der Waals surface area contributed by atoms with Gasteiger partial charge in [-0.05, 0) is 41.8 Å². The van der Waals surface area contributed by atoms with E-state index in [1.54, 1.807) is 24.3 Å². The normalized spacial score (nSPS) is 13.9. The van der Waals surface area contributed by atoms with Gasteiger partial charge in [-0.25, -0.2) is 0 Å². The zero-order valence-electron chi connectivity index (χ0n) is 13.7. The molecule has 0 spiro atoms. The summed E-state index contributed by atoms with van der Waals surface area (Å²) in [5, 5.41) is 5.60. The number of nitrogens with one attached hydrogen (secondary N) is 2. The Hall–Kier alpha value is -2.66. The van der Waals surface area contributed by atoms with Crippen LogP contribution in [-0.2, 0) is 22.6 Å². The van der Waals surface area contributed by atoms with Gasteiger partial charge in [0.1, 0.15) is 0 Å². The van der Waals surface area contributed by atoms with E-state index in [1.165, 1.54) is 18.1 Å². The van der Waals surface area contributed by atoms with Crippen molar-refractivity contribution in [3.05, 3.63) is 59.7 Å². The van der Waals surface area contributed by atoms with E-state index in [0.29, 0.717) is 12.2 Å². The van der Waals surface area contributed by atoms with Crippen molar-refractivity contribution < 1.29 is 9.59 Å². The molecule has 0 aliphatic carbocycles. The molecule has 5 nitrogen and oxygen atoms in total. The topological polar surface area (TPSA) is 61.4 Å². The van der Waals surface area contributed by atoms with Crippen LogP contribution < -0.4 is 10.6 Å². The molecule has 0 bridgehead atoms. The summed E-state index contributed by atoms with van der Waals surface area (Å²) in [4.78, 5) is 25.4. The number of nitrogens with zero attached hydrogens (tertiary/aromatic N) is 1. The third kappa shape index (κ3) is 4.20. The Labute approximate surface area is 141 Å². The van der Waals surface area contributed by atoms with Crippen molar-refractivity contribution in [1.29, 1.82) is 0 Å². The third-order valence-corrected chi connectivity index (χ3v) is 4.07. The fourth-order valence-electron chi connectivity index (χ4n) is 2.93. The van der Waals surface area contributed by atoms with Crippen molar-refractivity contribution in [3.63, 3.8) is 0 Å². The largest absolute Gasteiger partial charge is 0.326 e. The SMILES string of the molecule is CC(=O)Nc1ccc(NC(=O)CN2CCc3ccccc3C2)cc1. The molecular weight excluding hydrogens is 302 g/mol. The van der Waals surface area contributed by atoms with E-state index >= 15 is 0 Å². The average Bonchev–Trinajstić information content (AvgIpc) is 2.56. The second-order valence-corrected chi connectivity index (χ2v) is 6.04. The molecule has 0 saturated heterocycles. The number of fused-ring (bicyclic) bond motifs is 1. The summed E-state index contributed by atoms with van der Waals surface area (Å²) in [5.74, 6) is -0.140. The average molecular weight is 323 g/mol. The third-order valence-electron chi connectivity index (χ3n) is 4.07. The smallest absolute Gasteiger partial charge is 0.238 e. The van der Waals surface area contributed by atoms with Gasteiger partial charge in [-0.3, -0.25) is 14.5 Å². The molecule has 1 aliphatic rings. The Balaban J connectivity index is 1.53. The minimum atomic E-state index is -0.114. The van der Waals surface area contributed by atoms with Gasteiger partial charge in [-0.1, -0.05) is 24.3 Å². The first kappa shape index (κ1) is 16.2. The fraction of sp³-hybridized carbons (Fsp3) is 0.263. The van der Waals surface area contributed by atoms with Crippen molar-refractivity contribution in [2.75, 3.05) is 23.7 Å². The molecule has 0 saturated carbocycles. The Bertz CT molecular complexity index is 741. The molecule has 1 heterocycles. The van der Waals surface area contributed by atoms with Gasteiger partial charge in [0.2, 0.25) is 11.8 Å². The Morgan fingerprint density at radius 1 is 0.958 bits per heavy atom. The van der Waals surface area contributed by atoms with Crippen molar-refractivity contribution >= 4 is 23.2 Å². The van der Waals surface area contributed by atoms with Gasteiger partial charge in [0.15, 0.2) is 0 Å². The molecule has 2 amide bonds. The fourth-order valence-corrected chi connectivity index (χ4v) is 2.93. The lowest BCUT2D eigenvalue weighted by atomic mass is 10.00. The van der Waals surface area contributed by atoms with Gasteiger partial charge >= 0.3 is 0 Å². The highest BCUT2D eigenvalue weighted by Gasteiger charge is 2.17. The molecule has 2 aromatic rings. The first-order valence-electron chi connectivity index (χ1n) is 8.07. The van der Waals surface area contributed by atoms with Crippen LogP contribution in [-0.4, -0.2) is 29.8 Å². The molecular formula is C19H21N3O2. The van der Waals surface area contributed by atoms with E-state index < -0.39 is 0 Å². The highest BCUT2D eigenvalue weighted by atomic mass is 16.2. The van der Waals surface area contributed by atoms with Gasteiger partial charge in [-0.15, -0.1) is 0 Å². The summed E-state index contributed by atoms with van der Waals surface area (Å²) in [6.45, 7) is 3.55. The molecule has 5 heteroatoms. The molecule has 0 aromatic heterocycles. The van der Waals surface area contributed by atoms with E-state index in [9.17, 15) is 9.59 Å². The quantitative estimate of drug-likeness (QED) is 0.909. The maximum Gasteiger partial charge on any atom is 0.238 e. The van der Waals surface area contributed by atoms with E-state index in [0.717, 1.165) is 25.2 Å². The number of carbonyl (C=O) groups excluding carboxylic acids is 2. The van der Waals surface area contributed by atoms with Crippen molar-refractivity contribution in [2.24, 2.45) is 0 Å². The number of anilines is 2. The molecule has 124 valence electrons. The predicted molar refractivity (Wildman–Crippen MR) is 94.8 cm³/mol. The van der Waals surface area contributed by atoms with Crippen LogP contribution in [0.25, 0.3) is 0 Å². The van der Waals surface area contributed by atoms with E-state index in [-0.39, 0.29) is 11.8 Å². The second-order valence-electron chi connectivity index (χ2n) is 6.04. The lowest BCUT2D eigenvalue weighted by Crippen LogP contribution is -2.37. The highest BCUT2D eigenvalue weighted by molar-refractivity contribution is 5.93. The Kier molecular flexibility index (Phi) is 4.91. The molecule has 2 aromatic carbocycles. The first-order valence-corrected chi connectivity index (χ1v) is 8.07. The minimum absolute atomic E-state index is 0.0262. The molecule has 0 atom stereocenters. The first-order chi connectivity index (χ1) is 11.6. The van der Waals surface area contributed by atoms with E-state index in [4.69, 9.17) is 0 Å². The van der Waals surface area contributed by atoms with E-state index in [1.807, 2.05) is 6.07 Å². The molecule has 1 aliphatic heterocycles. The van der Waals surface area contributed by atoms with Gasteiger partial charge < -0.3 is 10.6 Å². The van der Waals surface area contributed by atoms with Crippen molar-refractivity contribution in [2.45, 2.75) is 19.9 Å². The maximum atomic E-state index is 12.2. The van der Waals surface area contributed by atoms with Gasteiger partial charge in [0, 0.05) is 31.4 Å². The molecule has 0 fully saturated rings. The number of amides is 2. The van der Waals surface area contributed by atoms with Crippen LogP contribution in [0.4, 0.5) is 11.4 Å². The molecule has 3 rings (SSSR count). The second kappa shape index (κ2) is 7.27. The van der Waals surface area contributed by atoms with Crippen LogP contribution in [0.2, 0.25) is 0 Å². The van der Waals surface area contributed by atoms with Crippen LogP contribution in [0.15, 0.2) is 48.5 Å². The summed E-state index contributed by atoms with van der Waals surface area (Å²) < 4.78 is 0. The van der Waals surface area contributed by atoms with Gasteiger partial charge in [-0.2, -0.15) is 0 Å². The van der Waals surface area contributed by atoms with Gasteiger partial charge in [0.25, 0.3) is 0 Å². The lowest BCUT2D eigenvalue weighted by molar-refractivity contribution is -0.117. The number of carbonyl (C=O) groups is 2. The van der Waals surface area contributed by atoms with Crippen LogP contribution in [0.5, 0.6) is 0 Å². The van der Waals surface area contributed by atoms with E-state index in [2.05, 4.69) is 33.7 Å². The highest BCUT2D eigenvalue weighted by Crippen LogP contribution is 2.18. The number of hydrogen-bond donors (Lipinski definition) is 2. The molecule has 0 unspecified atom stereocenters. The predicted octanol–water partition coefficient (Wildman–Crippen LogP) is 2.64. The Morgan fingerprint density at radius 2 is 1.58 bits per heavy atom. The van der Waals surface area contributed by atoms with Crippen molar-refractivity contribution in [1.82, 2.24) is 4.90 Å². The number of hydrogen-bond acceptors (Lipinski definition) is 3. The summed E-state index contributed by atoms with van der Waals surface area (Å²) >= 11 is 0. The maximum absolute atomic E-state index is 12.2. The van der Waals surface area contributed by atoms with Crippen LogP contribution in [0.3, 0.4) is 0 Å². The van der Waals surface area contributed by atoms with Crippen LogP contribution in [0, 0.1) is 0 Å². The standard InChI is InChI=1S/C19H21N3O2/c1-14(23)20-17-6-8-18(9-7-17)21-19(24)13-22-11-10-15-4-2-3-5-16(15)12-22/h2-9H,10-13H2,1H3,(H,20,23)(H,21,24). The van der Waals surface area contributed by atoms with Crippen LogP contribution >= 0.6 is 0 Å². The lowest BCUT2D eigenvalue weighted by Gasteiger charge is -2.28. The zero-order valence-corrected chi connectivity index (χ0v) is 13.7.